The van der Waals surface area contributed by atoms with E-state index < -0.39 is 6.10 Å². The van der Waals surface area contributed by atoms with E-state index in [0.717, 1.165) is 22.4 Å². The van der Waals surface area contributed by atoms with Crippen molar-refractivity contribution in [3.63, 3.8) is 0 Å². The second-order valence-corrected chi connectivity index (χ2v) is 5.41. The molecule has 0 saturated carbocycles. The number of aliphatic hydroxyl groups is 1. The molecule has 0 fully saturated rings. The number of hydrogen-bond donors (Lipinski definition) is 2. The number of aliphatic hydroxyl groups excluding tert-OH is 1. The van der Waals surface area contributed by atoms with Gasteiger partial charge in [-0.1, -0.05) is 41.6 Å². The monoisotopic (exact) mass is 325 g/mol. The van der Waals surface area contributed by atoms with E-state index >= 15 is 0 Å². The number of aromatic nitrogens is 2. The number of benzene rings is 2. The van der Waals surface area contributed by atoms with Crippen LogP contribution in [0.25, 0.3) is 11.4 Å². The summed E-state index contributed by atoms with van der Waals surface area (Å²) in [5, 5.41) is 17.2. The van der Waals surface area contributed by atoms with Gasteiger partial charge in [-0.2, -0.15) is 4.98 Å². The van der Waals surface area contributed by atoms with Crippen LogP contribution in [0, 0.1) is 6.92 Å². The molecule has 0 spiro atoms. The minimum Gasteiger partial charge on any atom is -0.497 e. The Morgan fingerprint density at radius 3 is 2.83 bits per heavy atom. The van der Waals surface area contributed by atoms with Crippen molar-refractivity contribution >= 4 is 6.01 Å². The second-order valence-electron chi connectivity index (χ2n) is 5.41. The third-order valence-electron chi connectivity index (χ3n) is 3.75. The minimum atomic E-state index is -0.654. The van der Waals surface area contributed by atoms with Crippen LogP contribution in [0.4, 0.5) is 6.01 Å². The van der Waals surface area contributed by atoms with E-state index in [9.17, 15) is 5.11 Å². The zero-order chi connectivity index (χ0) is 16.9. The smallest absolute Gasteiger partial charge is 0.321 e. The Morgan fingerprint density at radius 1 is 1.21 bits per heavy atom. The summed E-state index contributed by atoms with van der Waals surface area (Å²) in [7, 11) is 1.61. The van der Waals surface area contributed by atoms with E-state index in [-0.39, 0.29) is 12.6 Å². The van der Waals surface area contributed by atoms with Crippen molar-refractivity contribution in [1.82, 2.24) is 10.1 Å². The molecule has 24 heavy (non-hydrogen) atoms. The zero-order valence-corrected chi connectivity index (χ0v) is 13.6. The summed E-state index contributed by atoms with van der Waals surface area (Å²) in [6.07, 6.45) is -0.654. The fraction of sp³-hybridized carbons (Fsp3) is 0.222. The molecule has 1 heterocycles. The molecule has 0 saturated heterocycles. The predicted molar refractivity (Wildman–Crippen MR) is 90.9 cm³/mol. The Hall–Kier alpha value is -2.86. The fourth-order valence-corrected chi connectivity index (χ4v) is 2.43. The number of aryl methyl sites for hydroxylation is 1. The van der Waals surface area contributed by atoms with Crippen LogP contribution in [-0.4, -0.2) is 28.9 Å². The Balaban J connectivity index is 1.67. The molecule has 1 atom stereocenters. The molecule has 6 heteroatoms. The van der Waals surface area contributed by atoms with Crippen molar-refractivity contribution in [3.05, 3.63) is 59.7 Å². The molecule has 3 rings (SSSR count). The minimum absolute atomic E-state index is 0.264. The molecule has 0 amide bonds. The van der Waals surface area contributed by atoms with Crippen molar-refractivity contribution < 1.29 is 14.4 Å². The summed E-state index contributed by atoms with van der Waals surface area (Å²) in [6.45, 7) is 2.25. The number of anilines is 1. The molecule has 0 aliphatic carbocycles. The molecule has 0 bridgehead atoms. The van der Waals surface area contributed by atoms with Gasteiger partial charge in [0.25, 0.3) is 0 Å². The highest BCUT2D eigenvalue weighted by Crippen LogP contribution is 2.23. The molecular weight excluding hydrogens is 306 g/mol. The van der Waals surface area contributed by atoms with Gasteiger partial charge in [-0.25, -0.2) is 0 Å². The Bertz CT molecular complexity index is 817. The number of hydrogen-bond acceptors (Lipinski definition) is 6. The molecule has 1 aromatic heterocycles. The van der Waals surface area contributed by atoms with Gasteiger partial charge >= 0.3 is 6.01 Å². The van der Waals surface area contributed by atoms with Crippen LogP contribution in [0.1, 0.15) is 17.2 Å². The maximum absolute atomic E-state index is 10.3. The predicted octanol–water partition coefficient (Wildman–Crippen LogP) is 3.20. The Morgan fingerprint density at radius 2 is 2.04 bits per heavy atom. The summed E-state index contributed by atoms with van der Waals surface area (Å²) in [4.78, 5) is 4.29. The van der Waals surface area contributed by atoms with E-state index in [0.29, 0.717) is 5.82 Å². The summed E-state index contributed by atoms with van der Waals surface area (Å²) < 4.78 is 10.4. The highest BCUT2D eigenvalue weighted by atomic mass is 16.5. The topological polar surface area (TPSA) is 80.4 Å². The SMILES string of the molecule is COc1cccc(-c2noc(NCC(O)c3ccccc3C)n2)c1. The van der Waals surface area contributed by atoms with Gasteiger partial charge in [0.1, 0.15) is 5.75 Å². The molecule has 124 valence electrons. The first-order chi connectivity index (χ1) is 11.7. The average Bonchev–Trinajstić information content (AvgIpc) is 3.09. The van der Waals surface area contributed by atoms with Crippen molar-refractivity contribution in [3.8, 4) is 17.1 Å². The third-order valence-corrected chi connectivity index (χ3v) is 3.75. The molecule has 0 aliphatic rings. The van der Waals surface area contributed by atoms with Crippen molar-refractivity contribution in [1.29, 1.82) is 0 Å². The number of rotatable bonds is 6. The van der Waals surface area contributed by atoms with Crippen LogP contribution in [0.2, 0.25) is 0 Å². The van der Waals surface area contributed by atoms with Gasteiger partial charge in [0.05, 0.1) is 13.2 Å². The van der Waals surface area contributed by atoms with Crippen LogP contribution >= 0.6 is 0 Å². The first-order valence-electron chi connectivity index (χ1n) is 7.63. The van der Waals surface area contributed by atoms with Gasteiger partial charge in [-0.15, -0.1) is 0 Å². The van der Waals surface area contributed by atoms with E-state index in [1.807, 2.05) is 55.5 Å². The quantitative estimate of drug-likeness (QED) is 0.724. The highest BCUT2D eigenvalue weighted by molar-refractivity contribution is 5.57. The van der Waals surface area contributed by atoms with Crippen LogP contribution in [0.15, 0.2) is 53.1 Å². The lowest BCUT2D eigenvalue weighted by atomic mass is 10.0. The van der Waals surface area contributed by atoms with Gasteiger partial charge in [0.15, 0.2) is 0 Å². The first-order valence-corrected chi connectivity index (χ1v) is 7.63. The van der Waals surface area contributed by atoms with Crippen LogP contribution in [0.5, 0.6) is 5.75 Å². The maximum Gasteiger partial charge on any atom is 0.321 e. The number of nitrogens with one attached hydrogen (secondary N) is 1. The lowest BCUT2D eigenvalue weighted by Gasteiger charge is -2.13. The molecule has 1 unspecified atom stereocenters. The lowest BCUT2D eigenvalue weighted by molar-refractivity contribution is 0.189. The van der Waals surface area contributed by atoms with Gasteiger partial charge < -0.3 is 19.7 Å². The molecule has 2 N–H and O–H groups in total. The first kappa shape index (κ1) is 16.0. The normalized spacial score (nSPS) is 12.0. The van der Waals surface area contributed by atoms with Gasteiger partial charge in [0.2, 0.25) is 5.82 Å². The van der Waals surface area contributed by atoms with E-state index in [1.165, 1.54) is 0 Å². The van der Waals surface area contributed by atoms with Crippen molar-refractivity contribution in [2.24, 2.45) is 0 Å². The van der Waals surface area contributed by atoms with E-state index in [1.54, 1.807) is 7.11 Å². The second kappa shape index (κ2) is 7.14. The van der Waals surface area contributed by atoms with Gasteiger partial charge in [-0.3, -0.25) is 0 Å². The number of ether oxygens (including phenoxy) is 1. The molecule has 2 aromatic carbocycles. The van der Waals surface area contributed by atoms with E-state index in [2.05, 4.69) is 15.5 Å². The number of nitrogens with zero attached hydrogens (tertiary/aromatic N) is 2. The van der Waals surface area contributed by atoms with Crippen molar-refractivity contribution in [2.75, 3.05) is 19.0 Å². The summed E-state index contributed by atoms with van der Waals surface area (Å²) in [6, 6.07) is 15.4. The lowest BCUT2D eigenvalue weighted by Crippen LogP contribution is -2.13. The van der Waals surface area contributed by atoms with Crippen molar-refractivity contribution in [2.45, 2.75) is 13.0 Å². The Labute approximate surface area is 140 Å². The maximum atomic E-state index is 10.3. The summed E-state index contributed by atoms with van der Waals surface area (Å²) >= 11 is 0. The van der Waals surface area contributed by atoms with Crippen LogP contribution in [0.3, 0.4) is 0 Å². The molecule has 0 aliphatic heterocycles. The molecular formula is C18H19N3O3. The zero-order valence-electron chi connectivity index (χ0n) is 13.6. The van der Waals surface area contributed by atoms with Crippen LogP contribution in [-0.2, 0) is 0 Å². The van der Waals surface area contributed by atoms with Gasteiger partial charge in [0, 0.05) is 12.1 Å². The molecule has 3 aromatic rings. The summed E-state index contributed by atoms with van der Waals surface area (Å²) in [5.41, 5.74) is 2.71. The Kier molecular flexibility index (Phi) is 4.77. The largest absolute Gasteiger partial charge is 0.497 e. The summed E-state index contributed by atoms with van der Waals surface area (Å²) in [5.74, 6) is 1.18. The highest BCUT2D eigenvalue weighted by Gasteiger charge is 2.13. The number of methoxy groups -OCH3 is 1. The molecule has 0 radical (unpaired) electrons. The fourth-order valence-electron chi connectivity index (χ4n) is 2.43. The van der Waals surface area contributed by atoms with Crippen LogP contribution < -0.4 is 10.1 Å². The van der Waals surface area contributed by atoms with Gasteiger partial charge in [-0.05, 0) is 30.2 Å². The van der Waals surface area contributed by atoms with E-state index in [4.69, 9.17) is 9.26 Å². The standard InChI is InChI=1S/C18H19N3O3/c1-12-6-3-4-9-15(12)16(22)11-19-18-20-17(21-24-18)13-7-5-8-14(10-13)23-2/h3-10,16,22H,11H2,1-2H3,(H,19,20,21). The third kappa shape index (κ3) is 3.55. The molecule has 6 nitrogen and oxygen atoms in total. The average molecular weight is 325 g/mol.